The number of amides is 1. The van der Waals surface area contributed by atoms with Gasteiger partial charge >= 0.3 is 0 Å². The second kappa shape index (κ2) is 8.28. The molecule has 0 radical (unpaired) electrons. The highest BCUT2D eigenvalue weighted by Gasteiger charge is 2.10. The first kappa shape index (κ1) is 17.6. The number of ether oxygens (including phenoxy) is 1. The minimum absolute atomic E-state index is 0.192. The predicted molar refractivity (Wildman–Crippen MR) is 105 cm³/mol. The van der Waals surface area contributed by atoms with Gasteiger partial charge in [0.05, 0.1) is 17.1 Å². The van der Waals surface area contributed by atoms with Crippen molar-refractivity contribution in [2.45, 2.75) is 4.90 Å². The summed E-state index contributed by atoms with van der Waals surface area (Å²) in [6, 6.07) is 19.5. The molecule has 5 heteroatoms. The van der Waals surface area contributed by atoms with Crippen LogP contribution in [0.3, 0.4) is 0 Å². The topological polar surface area (TPSA) is 38.3 Å². The lowest BCUT2D eigenvalue weighted by Crippen LogP contribution is -2.28. The number of carbonyl (C=O) groups is 1. The average Bonchev–Trinajstić information content (AvgIpc) is 2.65. The Morgan fingerprint density at radius 1 is 1.08 bits per heavy atom. The van der Waals surface area contributed by atoms with Crippen molar-refractivity contribution in [1.82, 2.24) is 5.32 Å². The highest BCUT2D eigenvalue weighted by molar-refractivity contribution is 7.98. The van der Waals surface area contributed by atoms with Crippen LogP contribution in [0.15, 0.2) is 65.6 Å². The van der Waals surface area contributed by atoms with Gasteiger partial charge < -0.3 is 10.1 Å². The molecule has 0 aromatic heterocycles. The Bertz CT molecular complexity index is 898. The second-order valence-electron chi connectivity index (χ2n) is 5.46. The molecule has 128 valence electrons. The van der Waals surface area contributed by atoms with Crippen molar-refractivity contribution in [3.8, 4) is 5.75 Å². The summed E-state index contributed by atoms with van der Waals surface area (Å²) in [5.74, 6) is 0.596. The lowest BCUT2D eigenvalue weighted by atomic mass is 10.1. The first-order valence-corrected chi connectivity index (χ1v) is 9.51. The van der Waals surface area contributed by atoms with Crippen molar-refractivity contribution in [3.63, 3.8) is 0 Å². The van der Waals surface area contributed by atoms with Crippen molar-refractivity contribution >= 4 is 40.0 Å². The maximum Gasteiger partial charge on any atom is 0.252 e. The maximum absolute atomic E-state index is 12.3. The molecule has 0 heterocycles. The zero-order chi connectivity index (χ0) is 17.6. The van der Waals surface area contributed by atoms with Crippen LogP contribution in [-0.4, -0.2) is 25.3 Å². The standard InChI is InChI=1S/C20H18ClNO2S/c1-25-17-8-9-19(21)18(13-17)20(23)22-10-11-24-16-7-6-14-4-2-3-5-15(14)12-16/h2-9,12-13H,10-11H2,1H3,(H,22,23). The third-order valence-corrected chi connectivity index (χ3v) is 4.85. The molecular weight excluding hydrogens is 354 g/mol. The fraction of sp³-hybridized carbons (Fsp3) is 0.150. The van der Waals surface area contributed by atoms with Crippen molar-refractivity contribution in [2.24, 2.45) is 0 Å². The molecule has 0 unspecified atom stereocenters. The summed E-state index contributed by atoms with van der Waals surface area (Å²) in [5, 5.41) is 5.59. The number of nitrogens with one attached hydrogen (secondary N) is 1. The van der Waals surface area contributed by atoms with E-state index in [9.17, 15) is 4.79 Å². The molecule has 0 saturated heterocycles. The first-order valence-electron chi connectivity index (χ1n) is 7.91. The van der Waals surface area contributed by atoms with E-state index in [4.69, 9.17) is 16.3 Å². The van der Waals surface area contributed by atoms with E-state index >= 15 is 0 Å². The molecule has 3 nitrogen and oxygen atoms in total. The summed E-state index contributed by atoms with van der Waals surface area (Å²) in [6.45, 7) is 0.801. The number of hydrogen-bond acceptors (Lipinski definition) is 3. The lowest BCUT2D eigenvalue weighted by Gasteiger charge is -2.10. The highest BCUT2D eigenvalue weighted by Crippen LogP contribution is 2.23. The van der Waals surface area contributed by atoms with Crippen LogP contribution in [0.5, 0.6) is 5.75 Å². The number of rotatable bonds is 6. The van der Waals surface area contributed by atoms with Crippen LogP contribution in [0.2, 0.25) is 5.02 Å². The minimum Gasteiger partial charge on any atom is -0.492 e. The quantitative estimate of drug-likeness (QED) is 0.488. The van der Waals surface area contributed by atoms with Gasteiger partial charge in [-0.2, -0.15) is 0 Å². The zero-order valence-corrected chi connectivity index (χ0v) is 15.4. The SMILES string of the molecule is CSc1ccc(Cl)c(C(=O)NCCOc2ccc3ccccc3c2)c1. The largest absolute Gasteiger partial charge is 0.492 e. The van der Waals surface area contributed by atoms with E-state index in [1.807, 2.05) is 48.7 Å². The fourth-order valence-corrected chi connectivity index (χ4v) is 3.13. The lowest BCUT2D eigenvalue weighted by molar-refractivity contribution is 0.0947. The van der Waals surface area contributed by atoms with E-state index in [1.165, 1.54) is 5.39 Å². The van der Waals surface area contributed by atoms with Crippen molar-refractivity contribution in [1.29, 1.82) is 0 Å². The number of halogens is 1. The van der Waals surface area contributed by atoms with E-state index in [2.05, 4.69) is 11.4 Å². The molecule has 3 aromatic rings. The van der Waals surface area contributed by atoms with Crippen LogP contribution in [0.4, 0.5) is 0 Å². The third kappa shape index (κ3) is 4.47. The Morgan fingerprint density at radius 2 is 1.88 bits per heavy atom. The van der Waals surface area contributed by atoms with Crippen molar-refractivity contribution in [2.75, 3.05) is 19.4 Å². The summed E-state index contributed by atoms with van der Waals surface area (Å²) in [4.78, 5) is 13.3. The molecule has 0 atom stereocenters. The minimum atomic E-state index is -0.192. The highest BCUT2D eigenvalue weighted by atomic mass is 35.5. The molecule has 0 fully saturated rings. The smallest absolute Gasteiger partial charge is 0.252 e. The maximum atomic E-state index is 12.3. The number of carbonyl (C=O) groups excluding carboxylic acids is 1. The monoisotopic (exact) mass is 371 g/mol. The molecule has 3 rings (SSSR count). The Morgan fingerprint density at radius 3 is 2.68 bits per heavy atom. The predicted octanol–water partition coefficient (Wildman–Crippen LogP) is 5.02. The van der Waals surface area contributed by atoms with E-state index in [0.717, 1.165) is 16.0 Å². The Hall–Kier alpha value is -2.17. The van der Waals surface area contributed by atoms with Crippen LogP contribution in [-0.2, 0) is 0 Å². The van der Waals surface area contributed by atoms with Gasteiger partial charge in [0, 0.05) is 4.90 Å². The zero-order valence-electron chi connectivity index (χ0n) is 13.8. The summed E-state index contributed by atoms with van der Waals surface area (Å²) in [7, 11) is 0. The van der Waals surface area contributed by atoms with Crippen LogP contribution >= 0.6 is 23.4 Å². The molecule has 0 aliphatic carbocycles. The molecular formula is C20H18ClNO2S. The summed E-state index contributed by atoms with van der Waals surface area (Å²) in [6.07, 6.45) is 1.96. The van der Waals surface area contributed by atoms with E-state index in [1.54, 1.807) is 23.9 Å². The van der Waals surface area contributed by atoms with Gasteiger partial charge in [-0.05, 0) is 47.4 Å². The Balaban J connectivity index is 1.54. The van der Waals surface area contributed by atoms with Crippen LogP contribution in [0, 0.1) is 0 Å². The number of fused-ring (bicyclic) bond motifs is 1. The summed E-state index contributed by atoms with van der Waals surface area (Å²) < 4.78 is 5.72. The first-order chi connectivity index (χ1) is 12.2. The van der Waals surface area contributed by atoms with Gasteiger partial charge in [0.2, 0.25) is 0 Å². The Kier molecular flexibility index (Phi) is 5.84. The molecule has 1 amide bonds. The average molecular weight is 372 g/mol. The van der Waals surface area contributed by atoms with Gasteiger partial charge in [0.1, 0.15) is 12.4 Å². The normalized spacial score (nSPS) is 10.6. The number of hydrogen-bond donors (Lipinski definition) is 1. The molecule has 1 N–H and O–H groups in total. The van der Waals surface area contributed by atoms with Crippen molar-refractivity contribution < 1.29 is 9.53 Å². The third-order valence-electron chi connectivity index (χ3n) is 3.80. The molecule has 0 bridgehead atoms. The van der Waals surface area contributed by atoms with Gasteiger partial charge in [0.25, 0.3) is 5.91 Å². The molecule has 25 heavy (non-hydrogen) atoms. The van der Waals surface area contributed by atoms with Crippen LogP contribution in [0.1, 0.15) is 10.4 Å². The van der Waals surface area contributed by atoms with Crippen LogP contribution in [0.25, 0.3) is 10.8 Å². The van der Waals surface area contributed by atoms with E-state index < -0.39 is 0 Å². The number of benzene rings is 3. The van der Waals surface area contributed by atoms with Gasteiger partial charge in [-0.3, -0.25) is 4.79 Å². The van der Waals surface area contributed by atoms with E-state index in [-0.39, 0.29) is 5.91 Å². The summed E-state index contributed by atoms with van der Waals surface area (Å²) >= 11 is 7.68. The van der Waals surface area contributed by atoms with Crippen LogP contribution < -0.4 is 10.1 Å². The van der Waals surface area contributed by atoms with Gasteiger partial charge in [-0.1, -0.05) is 41.9 Å². The molecule has 0 saturated carbocycles. The fourth-order valence-electron chi connectivity index (χ4n) is 2.49. The van der Waals surface area contributed by atoms with Gasteiger partial charge in [0.15, 0.2) is 0 Å². The summed E-state index contributed by atoms with van der Waals surface area (Å²) in [5.41, 5.74) is 0.485. The molecule has 3 aromatic carbocycles. The Labute approximate surface area is 156 Å². The molecule has 0 spiro atoms. The molecule has 0 aliphatic heterocycles. The number of thioether (sulfide) groups is 1. The van der Waals surface area contributed by atoms with Gasteiger partial charge in [-0.25, -0.2) is 0 Å². The second-order valence-corrected chi connectivity index (χ2v) is 6.75. The van der Waals surface area contributed by atoms with Crippen molar-refractivity contribution in [3.05, 3.63) is 71.2 Å². The molecule has 0 aliphatic rings. The van der Waals surface area contributed by atoms with Gasteiger partial charge in [-0.15, -0.1) is 11.8 Å². The van der Waals surface area contributed by atoms with E-state index in [0.29, 0.717) is 23.7 Å².